The smallest absolute Gasteiger partial charge is 0.202 e. The molecule has 0 saturated carbocycles. The normalized spacial score (nSPS) is 10.5. The van der Waals surface area contributed by atoms with Crippen LogP contribution in [0.3, 0.4) is 0 Å². The third-order valence-corrected chi connectivity index (χ3v) is 3.86. The average Bonchev–Trinajstić information content (AvgIpc) is 2.87. The second kappa shape index (κ2) is 8.39. The van der Waals surface area contributed by atoms with Gasteiger partial charge in [0.25, 0.3) is 0 Å². The van der Waals surface area contributed by atoms with E-state index in [4.69, 9.17) is 9.47 Å². The van der Waals surface area contributed by atoms with Gasteiger partial charge in [-0.1, -0.05) is 25.1 Å². The van der Waals surface area contributed by atoms with Crippen molar-refractivity contribution in [2.24, 2.45) is 0 Å². The number of benzene rings is 1. The van der Waals surface area contributed by atoms with Gasteiger partial charge in [-0.05, 0) is 38.5 Å². The fourth-order valence-corrected chi connectivity index (χ4v) is 2.62. The number of hydrogen-bond acceptors (Lipinski definition) is 3. The fraction of sp³-hybridized carbons (Fsp3) is 0.350. The Balaban J connectivity index is 2.09. The topological polar surface area (TPSA) is 40.5 Å². The van der Waals surface area contributed by atoms with Crippen molar-refractivity contribution in [2.75, 3.05) is 13.2 Å². The number of hydrogen-bond donors (Lipinski definition) is 0. The van der Waals surface area contributed by atoms with Crippen LogP contribution in [-0.2, 0) is 6.54 Å². The summed E-state index contributed by atoms with van der Waals surface area (Å²) in [5.41, 5.74) is 2.68. The average molecular weight is 327 g/mol. The molecule has 128 valence electrons. The lowest BCUT2D eigenvalue weighted by Gasteiger charge is -2.12. The summed E-state index contributed by atoms with van der Waals surface area (Å²) in [6, 6.07) is 9.34. The number of Topliss-reactive ketones (excluding diaryl/α,β-unsaturated/α-hetero) is 1. The molecule has 0 unspecified atom stereocenters. The van der Waals surface area contributed by atoms with Crippen LogP contribution in [0.4, 0.5) is 0 Å². The first-order chi connectivity index (χ1) is 11.6. The minimum atomic E-state index is -0.0382. The number of aromatic nitrogens is 1. The fourth-order valence-electron chi connectivity index (χ4n) is 2.62. The summed E-state index contributed by atoms with van der Waals surface area (Å²) in [4.78, 5) is 12.5. The molecule has 0 aliphatic carbocycles. The number of carbonyl (C=O) groups is 1. The van der Waals surface area contributed by atoms with Crippen molar-refractivity contribution >= 4 is 5.78 Å². The second-order valence-electron chi connectivity index (χ2n) is 5.69. The molecule has 0 amide bonds. The zero-order valence-corrected chi connectivity index (χ0v) is 14.7. The highest BCUT2D eigenvalue weighted by Gasteiger charge is 2.16. The highest BCUT2D eigenvalue weighted by atomic mass is 16.5. The molecule has 0 aliphatic heterocycles. The number of aryl methyl sites for hydroxylation is 1. The predicted molar refractivity (Wildman–Crippen MR) is 96.2 cm³/mol. The van der Waals surface area contributed by atoms with E-state index in [-0.39, 0.29) is 12.4 Å². The van der Waals surface area contributed by atoms with E-state index in [1.807, 2.05) is 57.2 Å². The van der Waals surface area contributed by atoms with Crippen LogP contribution in [-0.4, -0.2) is 23.6 Å². The van der Waals surface area contributed by atoms with Gasteiger partial charge in [0.15, 0.2) is 18.1 Å². The van der Waals surface area contributed by atoms with Gasteiger partial charge < -0.3 is 14.0 Å². The third kappa shape index (κ3) is 4.07. The van der Waals surface area contributed by atoms with E-state index in [2.05, 4.69) is 11.1 Å². The lowest BCUT2D eigenvalue weighted by Crippen LogP contribution is -2.13. The summed E-state index contributed by atoms with van der Waals surface area (Å²) in [5.74, 6) is 1.23. The van der Waals surface area contributed by atoms with Crippen LogP contribution in [0, 0.1) is 13.8 Å². The molecule has 2 rings (SSSR count). The molecule has 4 nitrogen and oxygen atoms in total. The largest absolute Gasteiger partial charge is 0.490 e. The maximum Gasteiger partial charge on any atom is 0.202 e. The molecule has 0 bridgehead atoms. The van der Waals surface area contributed by atoms with Crippen molar-refractivity contribution in [2.45, 2.75) is 33.7 Å². The summed E-state index contributed by atoms with van der Waals surface area (Å²) in [6.45, 7) is 11.0. The molecule has 24 heavy (non-hydrogen) atoms. The van der Waals surface area contributed by atoms with Gasteiger partial charge in [0, 0.05) is 23.5 Å². The quantitative estimate of drug-likeness (QED) is 0.508. The summed E-state index contributed by atoms with van der Waals surface area (Å²) in [7, 11) is 0. The van der Waals surface area contributed by atoms with Crippen LogP contribution in [0.25, 0.3) is 0 Å². The van der Waals surface area contributed by atoms with Gasteiger partial charge in [-0.25, -0.2) is 0 Å². The molecule has 0 spiro atoms. The van der Waals surface area contributed by atoms with Gasteiger partial charge in [0.05, 0.1) is 6.61 Å². The Morgan fingerprint density at radius 2 is 1.88 bits per heavy atom. The Morgan fingerprint density at radius 1 is 1.21 bits per heavy atom. The summed E-state index contributed by atoms with van der Waals surface area (Å²) >= 11 is 0. The van der Waals surface area contributed by atoms with Gasteiger partial charge in [0.2, 0.25) is 5.78 Å². The van der Waals surface area contributed by atoms with Crippen molar-refractivity contribution in [3.05, 3.63) is 59.9 Å². The highest BCUT2D eigenvalue weighted by molar-refractivity contribution is 5.98. The first-order valence-electron chi connectivity index (χ1n) is 8.24. The van der Waals surface area contributed by atoms with Gasteiger partial charge in [-0.3, -0.25) is 4.79 Å². The van der Waals surface area contributed by atoms with Crippen molar-refractivity contribution < 1.29 is 14.3 Å². The monoisotopic (exact) mass is 327 g/mol. The Hall–Kier alpha value is -2.49. The first kappa shape index (κ1) is 17.9. The van der Waals surface area contributed by atoms with Crippen LogP contribution >= 0.6 is 0 Å². The van der Waals surface area contributed by atoms with Gasteiger partial charge in [-0.2, -0.15) is 0 Å². The van der Waals surface area contributed by atoms with E-state index in [9.17, 15) is 4.79 Å². The molecule has 1 heterocycles. The molecule has 0 radical (unpaired) electrons. The number of allylic oxidation sites excluding steroid dienone is 1. The molecule has 0 saturated heterocycles. The molecular formula is C20H25NO3. The Morgan fingerprint density at radius 3 is 2.50 bits per heavy atom. The summed E-state index contributed by atoms with van der Waals surface area (Å²) in [6.07, 6.45) is 2.74. The van der Waals surface area contributed by atoms with Crippen LogP contribution < -0.4 is 9.47 Å². The molecule has 1 aromatic carbocycles. The lowest BCUT2D eigenvalue weighted by atomic mass is 10.1. The van der Waals surface area contributed by atoms with E-state index < -0.39 is 0 Å². The molecule has 4 heteroatoms. The van der Waals surface area contributed by atoms with Crippen molar-refractivity contribution in [3.8, 4) is 11.5 Å². The lowest BCUT2D eigenvalue weighted by molar-refractivity contribution is 0.0918. The molecule has 0 aliphatic rings. The molecule has 0 fully saturated rings. The SMILES string of the molecule is C=CCn1c(C)cc(C(=O)COc2ccccc2OCCC)c1C. The van der Waals surface area contributed by atoms with Gasteiger partial charge in [-0.15, -0.1) is 6.58 Å². The summed E-state index contributed by atoms with van der Waals surface area (Å²) < 4.78 is 13.4. The van der Waals surface area contributed by atoms with Gasteiger partial charge in [0.1, 0.15) is 0 Å². The van der Waals surface area contributed by atoms with E-state index in [0.29, 0.717) is 30.2 Å². The van der Waals surface area contributed by atoms with Gasteiger partial charge >= 0.3 is 0 Å². The first-order valence-corrected chi connectivity index (χ1v) is 8.24. The maximum atomic E-state index is 12.5. The van der Waals surface area contributed by atoms with E-state index in [1.54, 1.807) is 0 Å². The maximum absolute atomic E-state index is 12.5. The Bertz CT molecular complexity index is 716. The number of ether oxygens (including phenoxy) is 2. The molecule has 0 N–H and O–H groups in total. The Labute approximate surface area is 143 Å². The number of rotatable bonds is 9. The second-order valence-corrected chi connectivity index (χ2v) is 5.69. The van der Waals surface area contributed by atoms with Crippen molar-refractivity contribution in [3.63, 3.8) is 0 Å². The number of ketones is 1. The minimum absolute atomic E-state index is 0.00905. The van der Waals surface area contributed by atoms with Crippen molar-refractivity contribution in [1.82, 2.24) is 4.57 Å². The van der Waals surface area contributed by atoms with Crippen LogP contribution in [0.2, 0.25) is 0 Å². The van der Waals surface area contributed by atoms with Crippen LogP contribution in [0.1, 0.15) is 35.1 Å². The van der Waals surface area contributed by atoms with E-state index in [0.717, 1.165) is 17.8 Å². The highest BCUT2D eigenvalue weighted by Crippen LogP contribution is 2.27. The predicted octanol–water partition coefficient (Wildman–Crippen LogP) is 4.34. The Kier molecular flexibility index (Phi) is 6.24. The number of carbonyl (C=O) groups excluding carboxylic acids is 1. The summed E-state index contributed by atoms with van der Waals surface area (Å²) in [5, 5.41) is 0. The van der Waals surface area contributed by atoms with Crippen LogP contribution in [0.15, 0.2) is 43.0 Å². The number of nitrogens with zero attached hydrogens (tertiary/aromatic N) is 1. The molecule has 0 atom stereocenters. The number of para-hydroxylation sites is 2. The third-order valence-electron chi connectivity index (χ3n) is 3.86. The van der Waals surface area contributed by atoms with E-state index >= 15 is 0 Å². The minimum Gasteiger partial charge on any atom is -0.490 e. The molecule has 2 aromatic rings. The molecular weight excluding hydrogens is 302 g/mol. The zero-order chi connectivity index (χ0) is 17.5. The zero-order valence-electron chi connectivity index (χ0n) is 14.7. The van der Waals surface area contributed by atoms with Crippen LogP contribution in [0.5, 0.6) is 11.5 Å². The van der Waals surface area contributed by atoms with Crippen molar-refractivity contribution in [1.29, 1.82) is 0 Å². The van der Waals surface area contributed by atoms with E-state index in [1.165, 1.54) is 0 Å². The molecule has 1 aromatic heterocycles. The standard InChI is InChI=1S/C20H25NO3/c1-5-11-21-15(3)13-17(16(21)4)18(22)14-24-20-10-8-7-9-19(20)23-12-6-2/h5,7-10,13H,1,6,11-12,14H2,2-4H3.